The van der Waals surface area contributed by atoms with Crippen molar-refractivity contribution in [2.24, 2.45) is 0 Å². The van der Waals surface area contributed by atoms with E-state index in [1.165, 1.54) is 29.6 Å². The topological polar surface area (TPSA) is 121 Å². The zero-order chi connectivity index (χ0) is 30.0. The molecular formula is C32H34N6O5. The van der Waals surface area contributed by atoms with E-state index in [1.54, 1.807) is 31.6 Å². The van der Waals surface area contributed by atoms with Gasteiger partial charge in [0.05, 0.1) is 14.2 Å². The number of likely N-dealkylation sites (tertiary alicyclic amines) is 1. The van der Waals surface area contributed by atoms with Gasteiger partial charge in [0.15, 0.2) is 0 Å². The van der Waals surface area contributed by atoms with E-state index >= 15 is 0 Å². The molecule has 0 aliphatic carbocycles. The van der Waals surface area contributed by atoms with Crippen LogP contribution in [0, 0.1) is 0 Å². The fourth-order valence-corrected chi connectivity index (χ4v) is 4.72. The van der Waals surface area contributed by atoms with Crippen LogP contribution in [-0.2, 0) is 22.7 Å². The second kappa shape index (κ2) is 14.2. The smallest absolute Gasteiger partial charge is 0.330 e. The van der Waals surface area contributed by atoms with Crippen molar-refractivity contribution in [1.82, 2.24) is 30.0 Å². The van der Waals surface area contributed by atoms with Crippen LogP contribution in [-0.4, -0.2) is 69.9 Å². The first kappa shape index (κ1) is 29.5. The standard InChI is InChI=1S/C32H34N6O5/c1-41-27-11-8-25(9-12-27)22-43-31-28(20-33-32(36-31)38-17-3-16-34-38)30(40)35-26-14-18-37(19-15-26)21-24-6-4-23(5-7-24)10-13-29(39)42-2/h3-13,16-17,20,26H,14-15,18-19,21-22H2,1-2H3,(H,35,40). The molecule has 2 aromatic heterocycles. The van der Waals surface area contributed by atoms with Gasteiger partial charge in [-0.2, -0.15) is 10.1 Å². The molecular weight excluding hydrogens is 548 g/mol. The van der Waals surface area contributed by atoms with Gasteiger partial charge >= 0.3 is 5.97 Å². The average molecular weight is 583 g/mol. The molecule has 0 atom stereocenters. The Morgan fingerprint density at radius 1 is 1.02 bits per heavy atom. The van der Waals surface area contributed by atoms with Gasteiger partial charge in [-0.05, 0) is 53.8 Å². The highest BCUT2D eigenvalue weighted by Gasteiger charge is 2.24. The van der Waals surface area contributed by atoms with Crippen LogP contribution < -0.4 is 14.8 Å². The highest BCUT2D eigenvalue weighted by molar-refractivity contribution is 5.96. The van der Waals surface area contributed by atoms with E-state index in [-0.39, 0.29) is 36.0 Å². The van der Waals surface area contributed by atoms with Gasteiger partial charge in [-0.1, -0.05) is 36.4 Å². The van der Waals surface area contributed by atoms with Crippen LogP contribution in [0.4, 0.5) is 0 Å². The van der Waals surface area contributed by atoms with E-state index in [0.717, 1.165) is 49.4 Å². The largest absolute Gasteiger partial charge is 0.497 e. The number of hydrogen-bond donors (Lipinski definition) is 1. The van der Waals surface area contributed by atoms with E-state index in [1.807, 2.05) is 36.4 Å². The van der Waals surface area contributed by atoms with Gasteiger partial charge in [0.25, 0.3) is 11.9 Å². The number of benzene rings is 2. The van der Waals surface area contributed by atoms with Crippen LogP contribution in [0.25, 0.3) is 12.0 Å². The number of ether oxygens (including phenoxy) is 3. The molecule has 43 heavy (non-hydrogen) atoms. The first-order valence-electron chi connectivity index (χ1n) is 14.0. The number of rotatable bonds is 11. The molecule has 3 heterocycles. The van der Waals surface area contributed by atoms with Gasteiger partial charge in [-0.15, -0.1) is 0 Å². The second-order valence-corrected chi connectivity index (χ2v) is 10.1. The monoisotopic (exact) mass is 582 g/mol. The van der Waals surface area contributed by atoms with Crippen molar-refractivity contribution in [3.05, 3.63) is 102 Å². The zero-order valence-electron chi connectivity index (χ0n) is 24.2. The number of hydrogen-bond acceptors (Lipinski definition) is 9. The Morgan fingerprint density at radius 3 is 2.44 bits per heavy atom. The normalized spacial score (nSPS) is 14.0. The quantitative estimate of drug-likeness (QED) is 0.208. The maximum atomic E-state index is 13.4. The first-order valence-corrected chi connectivity index (χ1v) is 14.0. The van der Waals surface area contributed by atoms with Crippen LogP contribution >= 0.6 is 0 Å². The lowest BCUT2D eigenvalue weighted by atomic mass is 10.0. The molecule has 222 valence electrons. The van der Waals surface area contributed by atoms with Crippen molar-refractivity contribution in [2.45, 2.75) is 32.0 Å². The summed E-state index contributed by atoms with van der Waals surface area (Å²) in [6.45, 7) is 2.74. The molecule has 11 heteroatoms. The average Bonchev–Trinajstić information content (AvgIpc) is 3.60. The minimum Gasteiger partial charge on any atom is -0.497 e. The molecule has 0 radical (unpaired) electrons. The van der Waals surface area contributed by atoms with Crippen molar-refractivity contribution in [3.8, 4) is 17.6 Å². The summed E-state index contributed by atoms with van der Waals surface area (Å²) in [7, 11) is 2.97. The first-order chi connectivity index (χ1) is 21.0. The van der Waals surface area contributed by atoms with Crippen molar-refractivity contribution < 1.29 is 23.8 Å². The molecule has 0 bridgehead atoms. The number of aromatic nitrogens is 4. The third-order valence-corrected chi connectivity index (χ3v) is 7.15. The van der Waals surface area contributed by atoms with Crippen molar-refractivity contribution >= 4 is 18.0 Å². The van der Waals surface area contributed by atoms with Crippen LogP contribution in [0.2, 0.25) is 0 Å². The maximum Gasteiger partial charge on any atom is 0.330 e. The maximum absolute atomic E-state index is 13.4. The number of carbonyl (C=O) groups excluding carboxylic acids is 2. The molecule has 0 unspecified atom stereocenters. The van der Waals surface area contributed by atoms with E-state index in [0.29, 0.717) is 5.95 Å². The second-order valence-electron chi connectivity index (χ2n) is 10.1. The fraction of sp³-hybridized carbons (Fsp3) is 0.281. The molecule has 0 spiro atoms. The van der Waals surface area contributed by atoms with Gasteiger partial charge in [0.2, 0.25) is 5.88 Å². The Kier molecular flexibility index (Phi) is 9.75. The summed E-state index contributed by atoms with van der Waals surface area (Å²) >= 11 is 0. The van der Waals surface area contributed by atoms with Gasteiger partial charge < -0.3 is 19.5 Å². The SMILES string of the molecule is COC(=O)C=Cc1ccc(CN2CCC(NC(=O)c3cnc(-n4cccn4)nc3OCc3ccc(OC)cc3)CC2)cc1. The van der Waals surface area contributed by atoms with Crippen LogP contribution in [0.5, 0.6) is 11.6 Å². The minimum atomic E-state index is -0.380. The number of nitrogens with zero attached hydrogens (tertiary/aromatic N) is 5. The lowest BCUT2D eigenvalue weighted by Gasteiger charge is -2.32. The summed E-state index contributed by atoms with van der Waals surface area (Å²) in [5, 5.41) is 7.34. The Hall–Kier alpha value is -5.03. The molecule has 11 nitrogen and oxygen atoms in total. The molecule has 1 amide bonds. The van der Waals surface area contributed by atoms with Crippen molar-refractivity contribution in [1.29, 1.82) is 0 Å². The van der Waals surface area contributed by atoms with Crippen LogP contribution in [0.1, 0.15) is 39.9 Å². The summed E-state index contributed by atoms with van der Waals surface area (Å²) in [4.78, 5) is 35.9. The van der Waals surface area contributed by atoms with Crippen LogP contribution in [0.3, 0.4) is 0 Å². The predicted molar refractivity (Wildman–Crippen MR) is 160 cm³/mol. The number of esters is 1. The van der Waals surface area contributed by atoms with E-state index in [4.69, 9.17) is 9.47 Å². The third kappa shape index (κ3) is 8.04. The molecule has 1 aliphatic rings. The molecule has 0 saturated carbocycles. The van der Waals surface area contributed by atoms with Gasteiger partial charge in [0.1, 0.15) is 17.9 Å². The molecule has 2 aromatic carbocycles. The fourth-order valence-electron chi connectivity index (χ4n) is 4.72. The zero-order valence-corrected chi connectivity index (χ0v) is 24.2. The molecule has 1 fully saturated rings. The Balaban J connectivity index is 1.18. The molecule has 5 rings (SSSR count). The summed E-state index contributed by atoms with van der Waals surface area (Å²) < 4.78 is 17.4. The lowest BCUT2D eigenvalue weighted by molar-refractivity contribution is -0.134. The summed E-state index contributed by atoms with van der Waals surface area (Å²) in [6.07, 6.45) is 9.63. The van der Waals surface area contributed by atoms with E-state index in [2.05, 4.69) is 42.2 Å². The molecule has 1 aliphatic heterocycles. The number of amides is 1. The Morgan fingerprint density at radius 2 is 1.77 bits per heavy atom. The molecule has 1 saturated heterocycles. The Bertz CT molecular complexity index is 1530. The number of piperidine rings is 1. The minimum absolute atomic E-state index is 0.0230. The summed E-state index contributed by atoms with van der Waals surface area (Å²) in [5.74, 6) is 0.602. The Labute approximate surface area is 250 Å². The van der Waals surface area contributed by atoms with Gasteiger partial charge in [-0.25, -0.2) is 14.5 Å². The number of methoxy groups -OCH3 is 2. The van der Waals surface area contributed by atoms with Crippen LogP contribution in [0.15, 0.2) is 79.3 Å². The van der Waals surface area contributed by atoms with Crippen molar-refractivity contribution in [2.75, 3.05) is 27.3 Å². The molecule has 1 N–H and O–H groups in total. The van der Waals surface area contributed by atoms with Gasteiger partial charge in [0, 0.05) is 50.3 Å². The van der Waals surface area contributed by atoms with Crippen molar-refractivity contribution in [3.63, 3.8) is 0 Å². The predicted octanol–water partition coefficient (Wildman–Crippen LogP) is 3.83. The summed E-state index contributed by atoms with van der Waals surface area (Å²) in [5.41, 5.74) is 3.30. The highest BCUT2D eigenvalue weighted by atomic mass is 16.5. The highest BCUT2D eigenvalue weighted by Crippen LogP contribution is 2.21. The lowest BCUT2D eigenvalue weighted by Crippen LogP contribution is -2.44. The van der Waals surface area contributed by atoms with E-state index in [9.17, 15) is 9.59 Å². The third-order valence-electron chi connectivity index (χ3n) is 7.15. The summed E-state index contributed by atoms with van der Waals surface area (Å²) in [6, 6.07) is 17.4. The van der Waals surface area contributed by atoms with E-state index < -0.39 is 0 Å². The van der Waals surface area contributed by atoms with Gasteiger partial charge in [-0.3, -0.25) is 9.69 Å². The number of nitrogens with one attached hydrogen (secondary N) is 1. The molecule has 4 aromatic rings. The number of carbonyl (C=O) groups is 2.